The average molecular weight is 452 g/mol. The van der Waals surface area contributed by atoms with Crippen LogP contribution in [0.3, 0.4) is 0 Å². The molecule has 1 atom stereocenters. The first-order chi connectivity index (χ1) is 15.6. The van der Waals surface area contributed by atoms with Crippen molar-refractivity contribution >= 4 is 29.4 Å². The third kappa shape index (κ3) is 5.22. The number of hydrogen-bond acceptors (Lipinski definition) is 4. The van der Waals surface area contributed by atoms with Crippen molar-refractivity contribution in [2.75, 3.05) is 5.32 Å². The van der Waals surface area contributed by atoms with E-state index in [0.717, 1.165) is 29.7 Å². The summed E-state index contributed by atoms with van der Waals surface area (Å²) in [6.07, 6.45) is 2.59. The molecule has 4 N–H and O–H groups in total. The molecule has 33 heavy (non-hydrogen) atoms. The van der Waals surface area contributed by atoms with E-state index in [2.05, 4.69) is 16.0 Å². The quantitative estimate of drug-likeness (QED) is 0.515. The zero-order chi connectivity index (χ0) is 24.2. The number of aromatic carboxylic acids is 1. The Bertz CT molecular complexity index is 1070. The normalized spacial score (nSPS) is 15.4. The molecule has 2 aromatic rings. The molecule has 0 spiro atoms. The molecule has 0 heterocycles. The van der Waals surface area contributed by atoms with Crippen LogP contribution in [0.2, 0.25) is 0 Å². The van der Waals surface area contributed by atoms with E-state index in [0.29, 0.717) is 12.8 Å². The Morgan fingerprint density at radius 1 is 0.909 bits per heavy atom. The van der Waals surface area contributed by atoms with Crippen molar-refractivity contribution in [2.24, 2.45) is 0 Å². The van der Waals surface area contributed by atoms with Crippen LogP contribution in [0.25, 0.3) is 0 Å². The van der Waals surface area contributed by atoms with E-state index < -0.39 is 29.4 Å². The number of carboxylic acids is 1. The average Bonchev–Trinajstić information content (AvgIpc) is 3.25. The van der Waals surface area contributed by atoms with Gasteiger partial charge in [0.2, 0.25) is 11.8 Å². The smallest absolute Gasteiger partial charge is 0.336 e. The van der Waals surface area contributed by atoms with Crippen LogP contribution >= 0.6 is 0 Å². The molecule has 1 saturated carbocycles. The second kappa shape index (κ2) is 9.85. The molecule has 1 fully saturated rings. The van der Waals surface area contributed by atoms with Gasteiger partial charge >= 0.3 is 5.97 Å². The van der Waals surface area contributed by atoms with Crippen LogP contribution in [-0.4, -0.2) is 40.4 Å². The number of amides is 3. The predicted octanol–water partition coefficient (Wildman–Crippen LogP) is 3.19. The van der Waals surface area contributed by atoms with Gasteiger partial charge in [0, 0.05) is 5.69 Å². The molecule has 8 nitrogen and oxygen atoms in total. The summed E-state index contributed by atoms with van der Waals surface area (Å²) in [6, 6.07) is 10.6. The van der Waals surface area contributed by atoms with Gasteiger partial charge in [-0.3, -0.25) is 14.4 Å². The van der Waals surface area contributed by atoms with Crippen LogP contribution in [0.4, 0.5) is 5.69 Å². The summed E-state index contributed by atoms with van der Waals surface area (Å²) in [6.45, 7) is 5.33. The third-order valence-electron chi connectivity index (χ3n) is 6.12. The molecule has 1 unspecified atom stereocenters. The number of nitrogens with one attached hydrogen (secondary N) is 3. The fourth-order valence-electron chi connectivity index (χ4n) is 4.18. The highest BCUT2D eigenvalue weighted by Crippen LogP contribution is 2.32. The first kappa shape index (κ1) is 24.0. The van der Waals surface area contributed by atoms with Crippen LogP contribution in [0.5, 0.6) is 0 Å². The fourth-order valence-corrected chi connectivity index (χ4v) is 4.18. The van der Waals surface area contributed by atoms with E-state index in [1.165, 1.54) is 25.1 Å². The van der Waals surface area contributed by atoms with E-state index in [1.807, 2.05) is 32.0 Å². The molecular formula is C25H29N3O5. The zero-order valence-electron chi connectivity index (χ0n) is 19.0. The van der Waals surface area contributed by atoms with Gasteiger partial charge in [-0.15, -0.1) is 0 Å². The van der Waals surface area contributed by atoms with Crippen molar-refractivity contribution in [3.63, 3.8) is 0 Å². The Labute approximate surface area is 192 Å². The summed E-state index contributed by atoms with van der Waals surface area (Å²) in [7, 11) is 0. The summed E-state index contributed by atoms with van der Waals surface area (Å²) in [4.78, 5) is 50.2. The number of carbonyl (C=O) groups excluding carboxylic acids is 3. The van der Waals surface area contributed by atoms with Crippen molar-refractivity contribution in [3.05, 3.63) is 64.7 Å². The molecule has 0 aliphatic heterocycles. The first-order valence-corrected chi connectivity index (χ1v) is 11.0. The van der Waals surface area contributed by atoms with Gasteiger partial charge in [-0.2, -0.15) is 0 Å². The fraction of sp³-hybridized carbons (Fsp3) is 0.360. The van der Waals surface area contributed by atoms with Crippen LogP contribution in [0.1, 0.15) is 64.4 Å². The number of hydrogen-bond donors (Lipinski definition) is 4. The molecule has 0 bridgehead atoms. The molecule has 3 amide bonds. The van der Waals surface area contributed by atoms with Crippen LogP contribution in [0, 0.1) is 13.8 Å². The number of para-hydroxylation sites is 1. The monoisotopic (exact) mass is 451 g/mol. The van der Waals surface area contributed by atoms with E-state index in [-0.39, 0.29) is 17.0 Å². The van der Waals surface area contributed by atoms with Crippen molar-refractivity contribution < 1.29 is 24.3 Å². The minimum Gasteiger partial charge on any atom is -0.478 e. The molecule has 1 aliphatic carbocycles. The van der Waals surface area contributed by atoms with Gasteiger partial charge in [0.25, 0.3) is 5.91 Å². The lowest BCUT2D eigenvalue weighted by molar-refractivity contribution is -0.131. The van der Waals surface area contributed by atoms with Crippen molar-refractivity contribution in [1.82, 2.24) is 10.6 Å². The molecular weight excluding hydrogens is 422 g/mol. The van der Waals surface area contributed by atoms with E-state index in [9.17, 15) is 24.3 Å². The molecule has 1 aliphatic rings. The number of carbonyl (C=O) groups is 4. The maximum atomic E-state index is 13.3. The molecule has 0 saturated heterocycles. The van der Waals surface area contributed by atoms with Gasteiger partial charge in [-0.25, -0.2) is 4.79 Å². The van der Waals surface area contributed by atoms with Gasteiger partial charge in [0.1, 0.15) is 11.6 Å². The van der Waals surface area contributed by atoms with Gasteiger partial charge in [0.05, 0.1) is 11.1 Å². The summed E-state index contributed by atoms with van der Waals surface area (Å²) in [5, 5.41) is 17.7. The number of carboxylic acid groups (broad SMARTS) is 1. The Kier molecular flexibility index (Phi) is 7.16. The number of aryl methyl sites for hydroxylation is 2. The van der Waals surface area contributed by atoms with Crippen molar-refractivity contribution in [1.29, 1.82) is 0 Å². The topological polar surface area (TPSA) is 125 Å². The Balaban J connectivity index is 1.73. The van der Waals surface area contributed by atoms with Crippen LogP contribution in [-0.2, 0) is 9.59 Å². The third-order valence-corrected chi connectivity index (χ3v) is 6.12. The molecule has 8 heteroatoms. The summed E-state index contributed by atoms with van der Waals surface area (Å²) in [5.41, 5.74) is 1.34. The standard InChI is InChI=1S/C25H29N3O5/c1-15-9-8-10-16(2)20(15)27-24(33)25(13-6-7-14-25)28-21(29)17(3)26-22(30)18-11-4-5-12-19(18)23(31)32/h4-5,8-12,17H,6-7,13-14H2,1-3H3,(H,26,30)(H,27,33)(H,28,29)(H,31,32). The zero-order valence-corrected chi connectivity index (χ0v) is 19.0. The summed E-state index contributed by atoms with van der Waals surface area (Å²) < 4.78 is 0. The lowest BCUT2D eigenvalue weighted by Gasteiger charge is -2.31. The molecule has 3 rings (SSSR count). The Hall–Kier alpha value is -3.68. The Morgan fingerprint density at radius 3 is 2.06 bits per heavy atom. The van der Waals surface area contributed by atoms with Gasteiger partial charge < -0.3 is 21.1 Å². The van der Waals surface area contributed by atoms with Crippen molar-refractivity contribution in [3.8, 4) is 0 Å². The van der Waals surface area contributed by atoms with E-state index in [1.54, 1.807) is 6.07 Å². The predicted molar refractivity (Wildman–Crippen MR) is 124 cm³/mol. The van der Waals surface area contributed by atoms with Gasteiger partial charge in [0.15, 0.2) is 0 Å². The number of anilines is 1. The van der Waals surface area contributed by atoms with Crippen molar-refractivity contribution in [2.45, 2.75) is 58.0 Å². The molecule has 0 aromatic heterocycles. The highest BCUT2D eigenvalue weighted by atomic mass is 16.4. The van der Waals surface area contributed by atoms with Crippen LogP contribution in [0.15, 0.2) is 42.5 Å². The summed E-state index contributed by atoms with van der Waals surface area (Å²) in [5.74, 6) is -2.68. The van der Waals surface area contributed by atoms with E-state index >= 15 is 0 Å². The van der Waals surface area contributed by atoms with Gasteiger partial charge in [-0.1, -0.05) is 43.2 Å². The second-order valence-corrected chi connectivity index (χ2v) is 8.55. The highest BCUT2D eigenvalue weighted by molar-refractivity contribution is 6.06. The first-order valence-electron chi connectivity index (χ1n) is 11.0. The maximum Gasteiger partial charge on any atom is 0.336 e. The second-order valence-electron chi connectivity index (χ2n) is 8.55. The summed E-state index contributed by atoms with van der Waals surface area (Å²) >= 11 is 0. The van der Waals surface area contributed by atoms with Crippen LogP contribution < -0.4 is 16.0 Å². The molecule has 174 valence electrons. The van der Waals surface area contributed by atoms with Gasteiger partial charge in [-0.05, 0) is 56.9 Å². The maximum absolute atomic E-state index is 13.3. The lowest BCUT2D eigenvalue weighted by Crippen LogP contribution is -2.59. The minimum atomic E-state index is -1.23. The number of rotatable bonds is 7. The number of benzene rings is 2. The largest absolute Gasteiger partial charge is 0.478 e. The Morgan fingerprint density at radius 2 is 1.48 bits per heavy atom. The molecule has 0 radical (unpaired) electrons. The van der Waals surface area contributed by atoms with E-state index in [4.69, 9.17) is 0 Å². The minimum absolute atomic E-state index is 0.0343. The lowest BCUT2D eigenvalue weighted by atomic mass is 9.94. The highest BCUT2D eigenvalue weighted by Gasteiger charge is 2.43. The SMILES string of the molecule is Cc1cccc(C)c1NC(=O)C1(NC(=O)C(C)NC(=O)c2ccccc2C(=O)O)CCCC1. The molecule has 2 aromatic carbocycles.